The van der Waals surface area contributed by atoms with Crippen LogP contribution in [-0.2, 0) is 4.79 Å². The Labute approximate surface area is 103 Å². The quantitative estimate of drug-likeness (QED) is 0.796. The van der Waals surface area contributed by atoms with Crippen molar-refractivity contribution in [3.63, 3.8) is 0 Å². The summed E-state index contributed by atoms with van der Waals surface area (Å²) in [5.41, 5.74) is 7.58. The molecule has 1 heterocycles. The molecule has 1 aromatic rings. The van der Waals surface area contributed by atoms with E-state index < -0.39 is 0 Å². The van der Waals surface area contributed by atoms with Crippen LogP contribution in [0.1, 0.15) is 37.7 Å². The van der Waals surface area contributed by atoms with Crippen LogP contribution in [0.2, 0.25) is 0 Å². The van der Waals surface area contributed by atoms with E-state index in [2.05, 4.69) is 0 Å². The summed E-state index contributed by atoms with van der Waals surface area (Å²) in [6, 6.07) is 7.64. The molecular weight excluding hydrogens is 212 g/mol. The Hall–Kier alpha value is -1.51. The number of hydrogen-bond acceptors (Lipinski definition) is 2. The van der Waals surface area contributed by atoms with Crippen LogP contribution in [0.3, 0.4) is 0 Å². The zero-order valence-electron chi connectivity index (χ0n) is 10.4. The number of para-hydroxylation sites is 1. The molecule has 2 N–H and O–H groups in total. The number of nitrogens with two attached hydrogens (primary N) is 1. The van der Waals surface area contributed by atoms with Crippen LogP contribution in [0.5, 0.6) is 0 Å². The number of likely N-dealkylation sites (tertiary alicyclic amines) is 1. The first-order chi connectivity index (χ1) is 8.20. The van der Waals surface area contributed by atoms with Gasteiger partial charge in [-0.3, -0.25) is 4.79 Å². The van der Waals surface area contributed by atoms with Gasteiger partial charge < -0.3 is 10.6 Å². The third-order valence-electron chi connectivity index (χ3n) is 3.50. The van der Waals surface area contributed by atoms with Gasteiger partial charge in [0.2, 0.25) is 5.91 Å². The van der Waals surface area contributed by atoms with Crippen LogP contribution in [0.15, 0.2) is 24.3 Å². The van der Waals surface area contributed by atoms with E-state index in [-0.39, 0.29) is 11.8 Å². The number of amides is 1. The SMILES string of the molecule is CC(C(=O)N1CCCCC1)c1ccccc1N. The highest BCUT2D eigenvalue weighted by atomic mass is 16.2. The van der Waals surface area contributed by atoms with Gasteiger partial charge in [0.05, 0.1) is 5.92 Å². The fourth-order valence-electron chi connectivity index (χ4n) is 2.43. The average molecular weight is 232 g/mol. The fourth-order valence-corrected chi connectivity index (χ4v) is 2.43. The van der Waals surface area contributed by atoms with Crippen molar-refractivity contribution in [2.45, 2.75) is 32.1 Å². The molecule has 17 heavy (non-hydrogen) atoms. The first kappa shape index (κ1) is 12.0. The smallest absolute Gasteiger partial charge is 0.229 e. The minimum absolute atomic E-state index is 0.130. The Balaban J connectivity index is 2.11. The lowest BCUT2D eigenvalue weighted by atomic mass is 9.97. The summed E-state index contributed by atoms with van der Waals surface area (Å²) in [4.78, 5) is 14.3. The first-order valence-corrected chi connectivity index (χ1v) is 6.33. The standard InChI is InChI=1S/C14H20N2O/c1-11(12-7-3-4-8-13(12)15)14(17)16-9-5-2-6-10-16/h3-4,7-8,11H,2,5-6,9-10,15H2,1H3. The molecule has 0 spiro atoms. The van der Waals surface area contributed by atoms with Gasteiger partial charge >= 0.3 is 0 Å². The first-order valence-electron chi connectivity index (χ1n) is 6.33. The lowest BCUT2D eigenvalue weighted by Gasteiger charge is -2.29. The van der Waals surface area contributed by atoms with Crippen molar-refractivity contribution < 1.29 is 4.79 Å². The lowest BCUT2D eigenvalue weighted by molar-refractivity contribution is -0.133. The third kappa shape index (κ3) is 2.60. The zero-order valence-corrected chi connectivity index (χ0v) is 10.4. The topological polar surface area (TPSA) is 46.3 Å². The van der Waals surface area contributed by atoms with Crippen LogP contribution < -0.4 is 5.73 Å². The molecule has 1 unspecified atom stereocenters. The Kier molecular flexibility index (Phi) is 3.67. The van der Waals surface area contributed by atoms with Crippen LogP contribution >= 0.6 is 0 Å². The second-order valence-corrected chi connectivity index (χ2v) is 4.74. The molecule has 3 heteroatoms. The second kappa shape index (κ2) is 5.21. The summed E-state index contributed by atoms with van der Waals surface area (Å²) in [6.07, 6.45) is 3.50. The van der Waals surface area contributed by atoms with E-state index in [1.54, 1.807) is 0 Å². The summed E-state index contributed by atoms with van der Waals surface area (Å²) in [5, 5.41) is 0. The van der Waals surface area contributed by atoms with Crippen LogP contribution in [0, 0.1) is 0 Å². The molecule has 0 bridgehead atoms. The third-order valence-corrected chi connectivity index (χ3v) is 3.50. The molecule has 1 aliphatic rings. The second-order valence-electron chi connectivity index (χ2n) is 4.74. The maximum atomic E-state index is 12.3. The lowest BCUT2D eigenvalue weighted by Crippen LogP contribution is -2.38. The summed E-state index contributed by atoms with van der Waals surface area (Å²) >= 11 is 0. The molecule has 1 aromatic carbocycles. The highest BCUT2D eigenvalue weighted by Crippen LogP contribution is 2.24. The number of carbonyl (C=O) groups excluding carboxylic acids is 1. The molecule has 0 saturated carbocycles. The van der Waals surface area contributed by atoms with E-state index in [4.69, 9.17) is 5.73 Å². The molecule has 2 rings (SSSR count). The summed E-state index contributed by atoms with van der Waals surface area (Å²) in [7, 11) is 0. The predicted molar refractivity (Wildman–Crippen MR) is 69.7 cm³/mol. The Morgan fingerprint density at radius 1 is 1.24 bits per heavy atom. The van der Waals surface area contributed by atoms with Gasteiger partial charge in [-0.2, -0.15) is 0 Å². The molecule has 1 fully saturated rings. The molecule has 0 radical (unpaired) electrons. The van der Waals surface area contributed by atoms with Crippen molar-refractivity contribution in [3.05, 3.63) is 29.8 Å². The molecule has 3 nitrogen and oxygen atoms in total. The van der Waals surface area contributed by atoms with Gasteiger partial charge in [-0.1, -0.05) is 18.2 Å². The summed E-state index contributed by atoms with van der Waals surface area (Å²) in [6.45, 7) is 3.74. The van der Waals surface area contributed by atoms with Crippen molar-refractivity contribution in [1.29, 1.82) is 0 Å². The van der Waals surface area contributed by atoms with Gasteiger partial charge in [0, 0.05) is 18.8 Å². The molecule has 0 aliphatic carbocycles. The molecule has 1 amide bonds. The van der Waals surface area contributed by atoms with Crippen molar-refractivity contribution in [3.8, 4) is 0 Å². The van der Waals surface area contributed by atoms with Gasteiger partial charge in [0.1, 0.15) is 0 Å². The van der Waals surface area contributed by atoms with Crippen molar-refractivity contribution in [1.82, 2.24) is 4.90 Å². The van der Waals surface area contributed by atoms with E-state index in [0.29, 0.717) is 5.69 Å². The van der Waals surface area contributed by atoms with Crippen molar-refractivity contribution in [2.24, 2.45) is 0 Å². The Bertz CT molecular complexity index is 397. The largest absolute Gasteiger partial charge is 0.398 e. The zero-order chi connectivity index (χ0) is 12.3. The van der Waals surface area contributed by atoms with Crippen LogP contribution in [-0.4, -0.2) is 23.9 Å². The number of nitrogens with zero attached hydrogens (tertiary/aromatic N) is 1. The van der Waals surface area contributed by atoms with Crippen LogP contribution in [0.25, 0.3) is 0 Å². The fraction of sp³-hybridized carbons (Fsp3) is 0.500. The molecular formula is C14H20N2O. The van der Waals surface area contributed by atoms with Gasteiger partial charge in [-0.15, -0.1) is 0 Å². The molecule has 1 saturated heterocycles. The minimum atomic E-state index is -0.130. The maximum absolute atomic E-state index is 12.3. The average Bonchev–Trinajstić information content (AvgIpc) is 2.39. The number of nitrogen functional groups attached to an aromatic ring is 1. The monoisotopic (exact) mass is 232 g/mol. The summed E-state index contributed by atoms with van der Waals surface area (Å²) < 4.78 is 0. The van der Waals surface area contributed by atoms with Crippen molar-refractivity contribution >= 4 is 11.6 Å². The normalized spacial score (nSPS) is 17.8. The number of anilines is 1. The van der Waals surface area contributed by atoms with Gasteiger partial charge in [0.25, 0.3) is 0 Å². The number of carbonyl (C=O) groups is 1. The number of hydrogen-bond donors (Lipinski definition) is 1. The van der Waals surface area contributed by atoms with E-state index in [0.717, 1.165) is 31.5 Å². The van der Waals surface area contributed by atoms with E-state index in [9.17, 15) is 4.79 Å². The number of rotatable bonds is 2. The molecule has 0 aromatic heterocycles. The van der Waals surface area contributed by atoms with Crippen molar-refractivity contribution in [2.75, 3.05) is 18.8 Å². The highest BCUT2D eigenvalue weighted by molar-refractivity contribution is 5.85. The Morgan fingerprint density at radius 2 is 1.88 bits per heavy atom. The Morgan fingerprint density at radius 3 is 2.53 bits per heavy atom. The maximum Gasteiger partial charge on any atom is 0.229 e. The highest BCUT2D eigenvalue weighted by Gasteiger charge is 2.24. The number of benzene rings is 1. The van der Waals surface area contributed by atoms with Gasteiger partial charge in [-0.05, 0) is 37.8 Å². The van der Waals surface area contributed by atoms with Gasteiger partial charge in [-0.25, -0.2) is 0 Å². The molecule has 1 aliphatic heterocycles. The summed E-state index contributed by atoms with van der Waals surface area (Å²) in [5.74, 6) is 0.0805. The molecule has 92 valence electrons. The van der Waals surface area contributed by atoms with E-state index in [1.165, 1.54) is 6.42 Å². The minimum Gasteiger partial charge on any atom is -0.398 e. The van der Waals surface area contributed by atoms with Crippen LogP contribution in [0.4, 0.5) is 5.69 Å². The van der Waals surface area contributed by atoms with Gasteiger partial charge in [0.15, 0.2) is 0 Å². The number of piperidine rings is 1. The van der Waals surface area contributed by atoms with E-state index >= 15 is 0 Å². The molecule has 1 atom stereocenters. The van der Waals surface area contributed by atoms with E-state index in [1.807, 2.05) is 36.1 Å². The predicted octanol–water partition coefficient (Wildman–Crippen LogP) is 2.38.